The second-order valence-corrected chi connectivity index (χ2v) is 3.69. The second kappa shape index (κ2) is 5.98. The first kappa shape index (κ1) is 13.2. The minimum Gasteiger partial charge on any atom is -0.493 e. The molecule has 17 heavy (non-hydrogen) atoms. The summed E-state index contributed by atoms with van der Waals surface area (Å²) in [5.74, 6) is -0.00844. The van der Waals surface area contributed by atoms with E-state index in [2.05, 4.69) is 5.32 Å². The molecule has 0 heterocycles. The first-order valence-electron chi connectivity index (χ1n) is 5.27. The maximum Gasteiger partial charge on any atom is 0.308 e. The molecule has 5 heteroatoms. The summed E-state index contributed by atoms with van der Waals surface area (Å²) in [5.41, 5.74) is 0.802. The third-order valence-corrected chi connectivity index (χ3v) is 2.42. The highest BCUT2D eigenvalue weighted by Crippen LogP contribution is 2.29. The molecule has 0 amide bonds. The first-order chi connectivity index (χ1) is 8.08. The van der Waals surface area contributed by atoms with E-state index in [0.29, 0.717) is 18.0 Å². The number of anilines is 1. The van der Waals surface area contributed by atoms with Gasteiger partial charge in [0, 0.05) is 18.3 Å². The van der Waals surface area contributed by atoms with Crippen molar-refractivity contribution in [1.82, 2.24) is 0 Å². The Morgan fingerprint density at radius 1 is 1.35 bits per heavy atom. The van der Waals surface area contributed by atoms with E-state index in [0.717, 1.165) is 5.69 Å². The van der Waals surface area contributed by atoms with Crippen molar-refractivity contribution in [2.75, 3.05) is 26.1 Å². The predicted molar refractivity (Wildman–Crippen MR) is 64.8 cm³/mol. The topological polar surface area (TPSA) is 67.8 Å². The van der Waals surface area contributed by atoms with Crippen LogP contribution in [0.3, 0.4) is 0 Å². The number of ether oxygens (including phenoxy) is 2. The van der Waals surface area contributed by atoms with Crippen LogP contribution in [0.15, 0.2) is 18.2 Å². The minimum absolute atomic E-state index is 0.366. The van der Waals surface area contributed by atoms with Crippen molar-refractivity contribution in [3.05, 3.63) is 18.2 Å². The van der Waals surface area contributed by atoms with E-state index in [9.17, 15) is 4.79 Å². The van der Waals surface area contributed by atoms with Gasteiger partial charge in [-0.2, -0.15) is 0 Å². The number of aliphatic carboxylic acids is 1. The zero-order valence-corrected chi connectivity index (χ0v) is 10.2. The second-order valence-electron chi connectivity index (χ2n) is 3.69. The molecule has 0 spiro atoms. The van der Waals surface area contributed by atoms with Crippen LogP contribution in [0.1, 0.15) is 6.92 Å². The fraction of sp³-hybridized carbons (Fsp3) is 0.417. The van der Waals surface area contributed by atoms with Crippen LogP contribution in [0.2, 0.25) is 0 Å². The van der Waals surface area contributed by atoms with Crippen LogP contribution in [0.5, 0.6) is 11.5 Å². The van der Waals surface area contributed by atoms with Crippen LogP contribution >= 0.6 is 0 Å². The van der Waals surface area contributed by atoms with Crippen molar-refractivity contribution >= 4 is 11.7 Å². The number of rotatable bonds is 6. The Morgan fingerprint density at radius 3 is 2.53 bits per heavy atom. The lowest BCUT2D eigenvalue weighted by Crippen LogP contribution is -2.19. The van der Waals surface area contributed by atoms with Crippen LogP contribution in [0.25, 0.3) is 0 Å². The van der Waals surface area contributed by atoms with Crippen molar-refractivity contribution in [3.63, 3.8) is 0 Å². The highest BCUT2D eigenvalue weighted by Gasteiger charge is 2.11. The summed E-state index contributed by atoms with van der Waals surface area (Å²) in [6.07, 6.45) is 0. The van der Waals surface area contributed by atoms with Crippen molar-refractivity contribution in [2.45, 2.75) is 6.92 Å². The molecule has 0 aliphatic rings. The van der Waals surface area contributed by atoms with Gasteiger partial charge in [0.2, 0.25) is 0 Å². The van der Waals surface area contributed by atoms with Gasteiger partial charge >= 0.3 is 5.97 Å². The van der Waals surface area contributed by atoms with E-state index < -0.39 is 11.9 Å². The van der Waals surface area contributed by atoms with E-state index in [4.69, 9.17) is 14.6 Å². The number of methoxy groups -OCH3 is 2. The highest BCUT2D eigenvalue weighted by atomic mass is 16.5. The number of carboxylic acid groups (broad SMARTS) is 1. The molecule has 1 atom stereocenters. The van der Waals surface area contributed by atoms with Crippen molar-refractivity contribution in [3.8, 4) is 11.5 Å². The van der Waals surface area contributed by atoms with E-state index >= 15 is 0 Å². The first-order valence-corrected chi connectivity index (χ1v) is 5.27. The molecular weight excluding hydrogens is 222 g/mol. The molecule has 0 bridgehead atoms. The van der Waals surface area contributed by atoms with Crippen molar-refractivity contribution < 1.29 is 19.4 Å². The maximum absolute atomic E-state index is 10.7. The molecule has 0 aromatic heterocycles. The predicted octanol–water partition coefficient (Wildman–Crippen LogP) is 1.84. The largest absolute Gasteiger partial charge is 0.493 e. The quantitative estimate of drug-likeness (QED) is 0.792. The average molecular weight is 239 g/mol. The lowest BCUT2D eigenvalue weighted by Gasteiger charge is -2.12. The molecule has 0 aliphatic carbocycles. The summed E-state index contributed by atoms with van der Waals surface area (Å²) in [5, 5.41) is 11.8. The van der Waals surface area contributed by atoms with Gasteiger partial charge in [-0.15, -0.1) is 0 Å². The van der Waals surface area contributed by atoms with Crippen molar-refractivity contribution in [1.29, 1.82) is 0 Å². The van der Waals surface area contributed by atoms with Gasteiger partial charge in [0.25, 0.3) is 0 Å². The Balaban J connectivity index is 2.69. The van der Waals surface area contributed by atoms with Gasteiger partial charge in [-0.25, -0.2) is 0 Å². The summed E-state index contributed by atoms with van der Waals surface area (Å²) in [7, 11) is 3.12. The number of carbonyl (C=O) groups is 1. The SMILES string of the molecule is COc1ccc(NCC(C)C(=O)O)cc1OC. The van der Waals surface area contributed by atoms with E-state index in [1.165, 1.54) is 0 Å². The average Bonchev–Trinajstić information content (AvgIpc) is 2.35. The normalized spacial score (nSPS) is 11.7. The molecule has 1 rings (SSSR count). The number of benzene rings is 1. The lowest BCUT2D eigenvalue weighted by molar-refractivity contribution is -0.140. The minimum atomic E-state index is -0.821. The Morgan fingerprint density at radius 2 is 2.00 bits per heavy atom. The summed E-state index contributed by atoms with van der Waals surface area (Å²) in [4.78, 5) is 10.7. The number of hydrogen-bond acceptors (Lipinski definition) is 4. The molecule has 1 aromatic rings. The molecule has 2 N–H and O–H groups in total. The van der Waals surface area contributed by atoms with E-state index in [1.807, 2.05) is 6.07 Å². The Labute approximate surface area is 100 Å². The standard InChI is InChI=1S/C12H17NO4/c1-8(12(14)15)7-13-9-4-5-10(16-2)11(6-9)17-3/h4-6,8,13H,7H2,1-3H3,(H,14,15). The van der Waals surface area contributed by atoms with Gasteiger partial charge in [-0.05, 0) is 12.1 Å². The zero-order chi connectivity index (χ0) is 12.8. The lowest BCUT2D eigenvalue weighted by atomic mass is 10.2. The summed E-state index contributed by atoms with van der Waals surface area (Å²) >= 11 is 0. The molecule has 0 saturated carbocycles. The van der Waals surface area contributed by atoms with Gasteiger partial charge in [-0.1, -0.05) is 6.92 Å². The molecule has 1 unspecified atom stereocenters. The molecule has 94 valence electrons. The van der Waals surface area contributed by atoms with Crippen LogP contribution in [0.4, 0.5) is 5.69 Å². The fourth-order valence-electron chi connectivity index (χ4n) is 1.30. The van der Waals surface area contributed by atoms with Gasteiger partial charge in [0.05, 0.1) is 20.1 Å². The van der Waals surface area contributed by atoms with Gasteiger partial charge in [0.15, 0.2) is 11.5 Å². The molecule has 0 saturated heterocycles. The van der Waals surface area contributed by atoms with Crippen LogP contribution in [-0.4, -0.2) is 31.8 Å². The van der Waals surface area contributed by atoms with Crippen LogP contribution in [0, 0.1) is 5.92 Å². The number of nitrogens with one attached hydrogen (secondary N) is 1. The third-order valence-electron chi connectivity index (χ3n) is 2.42. The molecule has 1 aromatic carbocycles. The Bertz CT molecular complexity index is 392. The Kier molecular flexibility index (Phi) is 4.63. The smallest absolute Gasteiger partial charge is 0.308 e. The molecule has 0 aliphatic heterocycles. The monoisotopic (exact) mass is 239 g/mol. The van der Waals surface area contributed by atoms with Crippen LogP contribution < -0.4 is 14.8 Å². The summed E-state index contributed by atoms with van der Waals surface area (Å²) in [6.45, 7) is 2.01. The summed E-state index contributed by atoms with van der Waals surface area (Å²) in [6, 6.07) is 5.36. The molecule has 0 fully saturated rings. The molecular formula is C12H17NO4. The Hall–Kier alpha value is -1.91. The molecule has 5 nitrogen and oxygen atoms in total. The number of hydrogen-bond donors (Lipinski definition) is 2. The maximum atomic E-state index is 10.7. The third kappa shape index (κ3) is 3.55. The van der Waals surface area contributed by atoms with E-state index in [-0.39, 0.29) is 0 Å². The molecule has 0 radical (unpaired) electrons. The van der Waals surface area contributed by atoms with E-state index in [1.54, 1.807) is 33.3 Å². The highest BCUT2D eigenvalue weighted by molar-refractivity contribution is 5.70. The summed E-state index contributed by atoms with van der Waals surface area (Å²) < 4.78 is 10.3. The van der Waals surface area contributed by atoms with Crippen LogP contribution in [-0.2, 0) is 4.79 Å². The van der Waals surface area contributed by atoms with Gasteiger partial charge in [-0.3, -0.25) is 4.79 Å². The number of carboxylic acids is 1. The van der Waals surface area contributed by atoms with Crippen molar-refractivity contribution in [2.24, 2.45) is 5.92 Å². The fourth-order valence-corrected chi connectivity index (χ4v) is 1.30. The zero-order valence-electron chi connectivity index (χ0n) is 10.2. The van der Waals surface area contributed by atoms with Gasteiger partial charge in [0.1, 0.15) is 0 Å². The van der Waals surface area contributed by atoms with Gasteiger partial charge < -0.3 is 19.9 Å².